The van der Waals surface area contributed by atoms with Crippen LogP contribution >= 0.6 is 0 Å². The highest BCUT2D eigenvalue weighted by atomic mass is 19.4. The molecule has 1 aliphatic rings. The summed E-state index contributed by atoms with van der Waals surface area (Å²) >= 11 is 0. The van der Waals surface area contributed by atoms with Gasteiger partial charge in [0, 0.05) is 17.5 Å². The van der Waals surface area contributed by atoms with E-state index in [2.05, 4.69) is 10.2 Å². The van der Waals surface area contributed by atoms with Crippen LogP contribution < -0.4 is 9.47 Å². The highest BCUT2D eigenvalue weighted by Crippen LogP contribution is 2.36. The van der Waals surface area contributed by atoms with Gasteiger partial charge in [0.15, 0.2) is 0 Å². The first-order chi connectivity index (χ1) is 16.5. The average Bonchev–Trinajstić information content (AvgIpc) is 3.25. The molecule has 186 valence electrons. The van der Waals surface area contributed by atoms with Crippen molar-refractivity contribution in [1.82, 2.24) is 15.1 Å². The van der Waals surface area contributed by atoms with Crippen LogP contribution in [0.2, 0.25) is 0 Å². The van der Waals surface area contributed by atoms with Crippen LogP contribution in [0.4, 0.5) is 13.2 Å². The molecule has 0 aliphatic carbocycles. The third-order valence-electron chi connectivity index (χ3n) is 6.06. The topological polar surface area (TPSA) is 77.7 Å². The molecule has 0 N–H and O–H groups in total. The fourth-order valence-electron chi connectivity index (χ4n) is 4.11. The lowest BCUT2D eigenvalue weighted by Gasteiger charge is -2.43. The van der Waals surface area contributed by atoms with Crippen molar-refractivity contribution in [3.63, 3.8) is 0 Å². The summed E-state index contributed by atoms with van der Waals surface area (Å²) in [4.78, 5) is 14.5. The molecule has 1 amide bonds. The number of halogens is 3. The quantitative estimate of drug-likeness (QED) is 0.469. The van der Waals surface area contributed by atoms with E-state index in [0.29, 0.717) is 12.4 Å². The number of carbonyl (C=O) groups is 1. The predicted octanol–water partition coefficient (Wildman–Crippen LogP) is 5.28. The molecule has 4 rings (SSSR count). The van der Waals surface area contributed by atoms with E-state index < -0.39 is 23.3 Å². The minimum absolute atomic E-state index is 0.0158. The minimum Gasteiger partial charge on any atom is -0.496 e. The van der Waals surface area contributed by atoms with E-state index in [-0.39, 0.29) is 30.5 Å². The van der Waals surface area contributed by atoms with Crippen LogP contribution in [-0.4, -0.2) is 40.8 Å². The lowest BCUT2D eigenvalue weighted by Crippen LogP contribution is -2.53. The Morgan fingerprint density at radius 1 is 1.17 bits per heavy atom. The van der Waals surface area contributed by atoms with Gasteiger partial charge in [-0.25, -0.2) is 0 Å². The van der Waals surface area contributed by atoms with Crippen molar-refractivity contribution >= 4 is 5.91 Å². The first-order valence-corrected chi connectivity index (χ1v) is 11.1. The number of aromatic nitrogens is 2. The van der Waals surface area contributed by atoms with Gasteiger partial charge in [0.25, 0.3) is 0 Å². The number of amides is 1. The average molecular weight is 489 g/mol. The van der Waals surface area contributed by atoms with Gasteiger partial charge in [0.05, 0.1) is 25.6 Å². The summed E-state index contributed by atoms with van der Waals surface area (Å²) in [5.74, 6) is 1.24. The fourth-order valence-corrected chi connectivity index (χ4v) is 4.11. The van der Waals surface area contributed by atoms with Gasteiger partial charge >= 0.3 is 6.18 Å². The molecule has 2 heterocycles. The van der Waals surface area contributed by atoms with Gasteiger partial charge in [0.1, 0.15) is 17.6 Å². The van der Waals surface area contributed by atoms with E-state index in [4.69, 9.17) is 13.9 Å². The number of alkyl halides is 3. The molecule has 1 unspecified atom stereocenters. The van der Waals surface area contributed by atoms with Gasteiger partial charge < -0.3 is 18.8 Å². The maximum absolute atomic E-state index is 13.0. The van der Waals surface area contributed by atoms with E-state index in [9.17, 15) is 18.0 Å². The molecule has 7 nitrogen and oxygen atoms in total. The van der Waals surface area contributed by atoms with Crippen molar-refractivity contribution < 1.29 is 31.9 Å². The third-order valence-corrected chi connectivity index (χ3v) is 6.06. The zero-order valence-corrected chi connectivity index (χ0v) is 19.8. The van der Waals surface area contributed by atoms with Crippen molar-refractivity contribution in [1.29, 1.82) is 0 Å². The van der Waals surface area contributed by atoms with Gasteiger partial charge in [-0.3, -0.25) is 4.79 Å². The lowest BCUT2D eigenvalue weighted by atomic mass is 9.80. The molecule has 1 atom stereocenters. The van der Waals surface area contributed by atoms with Crippen LogP contribution in [0.15, 0.2) is 46.9 Å². The smallest absolute Gasteiger partial charge is 0.416 e. The standard InChI is InChI=1S/C25H26F3N3O4/c1-15-10-16(8-9-19(15)33-4)23-30-29-21(35-23)13-31-14-24(2,3)20(12-22(31)32)34-18-7-5-6-17(11-18)25(26,27)28/h5-11,20H,12-14H2,1-4H3. The molecule has 0 saturated carbocycles. The van der Waals surface area contributed by atoms with E-state index >= 15 is 0 Å². The van der Waals surface area contributed by atoms with E-state index in [1.807, 2.05) is 39.0 Å². The molecular weight excluding hydrogens is 463 g/mol. The first-order valence-electron chi connectivity index (χ1n) is 11.1. The number of methoxy groups -OCH3 is 1. The van der Waals surface area contributed by atoms with Gasteiger partial charge in [-0.1, -0.05) is 19.9 Å². The molecule has 10 heteroatoms. The summed E-state index contributed by atoms with van der Waals surface area (Å²) in [7, 11) is 1.60. The molecule has 1 aliphatic heterocycles. The molecule has 1 fully saturated rings. The Labute approximate surface area is 200 Å². The highest BCUT2D eigenvalue weighted by molar-refractivity contribution is 5.78. The molecule has 35 heavy (non-hydrogen) atoms. The number of hydrogen-bond donors (Lipinski definition) is 0. The summed E-state index contributed by atoms with van der Waals surface area (Å²) in [6.07, 6.45) is -5.04. The fraction of sp³-hybridized carbons (Fsp3) is 0.400. The van der Waals surface area contributed by atoms with Gasteiger partial charge in [-0.2, -0.15) is 13.2 Å². The van der Waals surface area contributed by atoms with Gasteiger partial charge in [-0.05, 0) is 48.9 Å². The third kappa shape index (κ3) is 5.41. The number of benzene rings is 2. The van der Waals surface area contributed by atoms with E-state index in [1.165, 1.54) is 12.1 Å². The molecule has 2 aromatic carbocycles. The van der Waals surface area contributed by atoms with Crippen LogP contribution in [0.1, 0.15) is 37.3 Å². The summed E-state index contributed by atoms with van der Waals surface area (Å²) in [6, 6.07) is 10.2. The largest absolute Gasteiger partial charge is 0.496 e. The summed E-state index contributed by atoms with van der Waals surface area (Å²) in [6.45, 7) is 6.16. The maximum Gasteiger partial charge on any atom is 0.416 e. The number of piperidine rings is 1. The van der Waals surface area contributed by atoms with Crippen molar-refractivity contribution in [2.45, 2.75) is 46.0 Å². The van der Waals surface area contributed by atoms with Crippen molar-refractivity contribution in [2.75, 3.05) is 13.7 Å². The predicted molar refractivity (Wildman–Crippen MR) is 121 cm³/mol. The second-order valence-electron chi connectivity index (χ2n) is 9.26. The van der Waals surface area contributed by atoms with Crippen LogP contribution in [-0.2, 0) is 17.5 Å². The monoisotopic (exact) mass is 489 g/mol. The molecular formula is C25H26F3N3O4. The van der Waals surface area contributed by atoms with Crippen molar-refractivity contribution in [2.24, 2.45) is 5.41 Å². The second-order valence-corrected chi connectivity index (χ2v) is 9.26. The van der Waals surface area contributed by atoms with Gasteiger partial charge in [0.2, 0.25) is 17.7 Å². The Bertz CT molecular complexity index is 1220. The number of nitrogens with zero attached hydrogens (tertiary/aromatic N) is 3. The van der Waals surface area contributed by atoms with Crippen molar-refractivity contribution in [3.8, 4) is 23.0 Å². The number of ether oxygens (including phenoxy) is 2. The Morgan fingerprint density at radius 2 is 1.94 bits per heavy atom. The molecule has 0 bridgehead atoms. The molecule has 3 aromatic rings. The minimum atomic E-state index is -4.47. The summed E-state index contributed by atoms with van der Waals surface area (Å²) in [5, 5.41) is 8.18. The first kappa shape index (κ1) is 24.6. The zero-order chi connectivity index (χ0) is 25.4. The number of aryl methyl sites for hydroxylation is 1. The number of carbonyl (C=O) groups excluding carboxylic acids is 1. The van der Waals surface area contributed by atoms with Crippen LogP contribution in [0.3, 0.4) is 0 Å². The highest BCUT2D eigenvalue weighted by Gasteiger charge is 2.42. The van der Waals surface area contributed by atoms with Gasteiger partial charge in [-0.15, -0.1) is 10.2 Å². The number of hydrogen-bond acceptors (Lipinski definition) is 6. The Hall–Kier alpha value is -3.56. The van der Waals surface area contributed by atoms with E-state index in [1.54, 1.807) is 12.0 Å². The maximum atomic E-state index is 13.0. The molecule has 0 spiro atoms. The van der Waals surface area contributed by atoms with Crippen LogP contribution in [0.5, 0.6) is 11.5 Å². The SMILES string of the molecule is COc1ccc(-c2nnc(CN3CC(C)(C)C(Oc4cccc(C(F)(F)F)c4)CC3=O)o2)cc1C. The number of rotatable bonds is 6. The normalized spacial score (nSPS) is 18.0. The zero-order valence-electron chi connectivity index (χ0n) is 19.8. The lowest BCUT2D eigenvalue weighted by molar-refractivity contribution is -0.145. The van der Waals surface area contributed by atoms with E-state index in [0.717, 1.165) is 29.0 Å². The Kier molecular flexibility index (Phi) is 6.48. The Balaban J connectivity index is 1.44. The van der Waals surface area contributed by atoms with Crippen LogP contribution in [0, 0.1) is 12.3 Å². The summed E-state index contributed by atoms with van der Waals surface area (Å²) in [5.41, 5.74) is 0.334. The van der Waals surface area contributed by atoms with Crippen LogP contribution in [0.25, 0.3) is 11.5 Å². The molecule has 1 aromatic heterocycles. The summed E-state index contributed by atoms with van der Waals surface area (Å²) < 4.78 is 56.0. The Morgan fingerprint density at radius 3 is 2.63 bits per heavy atom. The number of likely N-dealkylation sites (tertiary alicyclic amines) is 1. The molecule has 0 radical (unpaired) electrons. The second kappa shape index (κ2) is 9.24. The van der Waals surface area contributed by atoms with Crippen molar-refractivity contribution in [3.05, 3.63) is 59.5 Å². The molecule has 1 saturated heterocycles.